The Balaban J connectivity index is 1.77. The highest BCUT2D eigenvalue weighted by molar-refractivity contribution is 5.99. The Hall–Kier alpha value is -1.56. The van der Waals surface area contributed by atoms with Crippen molar-refractivity contribution >= 4 is 11.9 Å². The molecule has 2 aliphatic rings. The lowest BCUT2D eigenvalue weighted by atomic mass is 10.3. The maximum absolute atomic E-state index is 10.6. The number of amides is 2. The van der Waals surface area contributed by atoms with Crippen LogP contribution in [0.15, 0.2) is 27.5 Å². The second kappa shape index (κ2) is 4.79. The quantitative estimate of drug-likeness (QED) is 0.743. The molecule has 15 heavy (non-hydrogen) atoms. The van der Waals surface area contributed by atoms with E-state index in [1.54, 1.807) is 0 Å². The number of nitrogens with one attached hydrogen (secondary N) is 1. The van der Waals surface area contributed by atoms with Crippen molar-refractivity contribution in [1.29, 1.82) is 0 Å². The van der Waals surface area contributed by atoms with E-state index in [2.05, 4.69) is 25.4 Å². The fraction of sp³-hybridized carbons (Fsp3) is 0.556. The maximum atomic E-state index is 10.6. The van der Waals surface area contributed by atoms with Crippen LogP contribution in [0.3, 0.4) is 0 Å². The maximum Gasteiger partial charge on any atom is 0.387 e. The molecule has 0 radical (unpaired) electrons. The van der Waals surface area contributed by atoms with Gasteiger partial charge >= 0.3 is 6.03 Å². The molecule has 2 amide bonds. The van der Waals surface area contributed by atoms with E-state index < -0.39 is 6.03 Å². The molecule has 0 spiro atoms. The first-order valence-electron chi connectivity index (χ1n) is 4.99. The average molecular weight is 207 g/mol. The molecular weight excluding hydrogens is 194 g/mol. The summed E-state index contributed by atoms with van der Waals surface area (Å²) in [6.07, 6.45) is 4.56. The lowest BCUT2D eigenvalue weighted by Gasteiger charge is -2.25. The topological polar surface area (TPSA) is 69.4 Å². The van der Waals surface area contributed by atoms with Gasteiger partial charge in [-0.3, -0.25) is 0 Å². The molecule has 2 rings (SSSR count). The fourth-order valence-corrected chi connectivity index (χ4v) is 1.48. The molecule has 80 valence electrons. The number of nitrogens with zero attached hydrogens (tertiary/aromatic N) is 4. The number of piperazine rings is 1. The van der Waals surface area contributed by atoms with Gasteiger partial charge in [0.05, 0.1) is 0 Å². The number of carbonyl (C=O) groups is 1. The molecule has 1 fully saturated rings. The van der Waals surface area contributed by atoms with Crippen LogP contribution in [0.2, 0.25) is 0 Å². The van der Waals surface area contributed by atoms with Crippen LogP contribution in [-0.2, 0) is 0 Å². The van der Waals surface area contributed by atoms with Crippen LogP contribution in [0.4, 0.5) is 4.79 Å². The molecule has 6 heteroatoms. The molecular formula is C9H13N5O. The van der Waals surface area contributed by atoms with Crippen LogP contribution >= 0.6 is 0 Å². The third-order valence-corrected chi connectivity index (χ3v) is 2.24. The summed E-state index contributed by atoms with van der Waals surface area (Å²) in [5, 5.41) is 10.2. The summed E-state index contributed by atoms with van der Waals surface area (Å²) >= 11 is 0. The van der Waals surface area contributed by atoms with Crippen LogP contribution in [0.25, 0.3) is 0 Å². The Morgan fingerprint density at radius 1 is 1.33 bits per heavy atom. The number of aliphatic imine (C=N–C) groups is 1. The van der Waals surface area contributed by atoms with Gasteiger partial charge in [0.15, 0.2) is 5.84 Å². The third kappa shape index (κ3) is 2.95. The molecule has 1 N–H and O–H groups in total. The van der Waals surface area contributed by atoms with Gasteiger partial charge in [-0.25, -0.2) is 4.79 Å². The van der Waals surface area contributed by atoms with E-state index in [4.69, 9.17) is 0 Å². The molecule has 0 aliphatic carbocycles. The first-order chi connectivity index (χ1) is 7.34. The predicted molar refractivity (Wildman–Crippen MR) is 55.9 cm³/mol. The summed E-state index contributed by atoms with van der Waals surface area (Å²) < 4.78 is 0. The van der Waals surface area contributed by atoms with Gasteiger partial charge in [-0.15, -0.1) is 5.11 Å². The van der Waals surface area contributed by atoms with Gasteiger partial charge in [0.1, 0.15) is 0 Å². The van der Waals surface area contributed by atoms with E-state index in [0.717, 1.165) is 26.2 Å². The number of hydrogen-bond donors (Lipinski definition) is 1. The second-order valence-electron chi connectivity index (χ2n) is 3.39. The molecule has 2 aliphatic heterocycles. The summed E-state index contributed by atoms with van der Waals surface area (Å²) in [4.78, 5) is 16.5. The number of rotatable bonds is 3. The Kier molecular flexibility index (Phi) is 3.18. The molecule has 0 aromatic carbocycles. The van der Waals surface area contributed by atoms with Gasteiger partial charge in [0, 0.05) is 32.6 Å². The lowest BCUT2D eigenvalue weighted by Crippen LogP contribution is -2.40. The summed E-state index contributed by atoms with van der Waals surface area (Å²) in [5.74, 6) is 0.492. The Morgan fingerprint density at radius 2 is 2.13 bits per heavy atom. The molecule has 0 aromatic heterocycles. The summed E-state index contributed by atoms with van der Waals surface area (Å²) in [6.45, 7) is 4.07. The SMILES string of the molecule is O=C1N=NC(CC=CN2CCNCC2)=N1. The van der Waals surface area contributed by atoms with Gasteiger partial charge in [-0.1, -0.05) is 11.2 Å². The highest BCUT2D eigenvalue weighted by Crippen LogP contribution is 2.03. The number of urea groups is 1. The average Bonchev–Trinajstić information content (AvgIpc) is 2.66. The Bertz CT molecular complexity index is 327. The zero-order chi connectivity index (χ0) is 10.5. The number of hydrogen-bond acceptors (Lipinski definition) is 4. The van der Waals surface area contributed by atoms with Gasteiger partial charge in [0.25, 0.3) is 0 Å². The van der Waals surface area contributed by atoms with Crippen LogP contribution in [0.1, 0.15) is 6.42 Å². The highest BCUT2D eigenvalue weighted by Gasteiger charge is 2.08. The zero-order valence-corrected chi connectivity index (χ0v) is 8.39. The molecule has 0 aromatic rings. The smallest absolute Gasteiger partial charge is 0.375 e. The minimum Gasteiger partial charge on any atom is -0.375 e. The monoisotopic (exact) mass is 207 g/mol. The van der Waals surface area contributed by atoms with Crippen LogP contribution < -0.4 is 5.32 Å². The largest absolute Gasteiger partial charge is 0.387 e. The summed E-state index contributed by atoms with van der Waals surface area (Å²) in [6, 6.07) is -0.499. The Labute approximate surface area is 87.8 Å². The fourth-order valence-electron chi connectivity index (χ4n) is 1.48. The molecule has 0 saturated carbocycles. The van der Waals surface area contributed by atoms with Crippen molar-refractivity contribution in [2.45, 2.75) is 6.42 Å². The van der Waals surface area contributed by atoms with Gasteiger partial charge in [-0.05, 0) is 6.20 Å². The van der Waals surface area contributed by atoms with Gasteiger partial charge in [-0.2, -0.15) is 4.99 Å². The van der Waals surface area contributed by atoms with E-state index >= 15 is 0 Å². The normalized spacial score (nSPS) is 21.5. The highest BCUT2D eigenvalue weighted by atomic mass is 16.2. The van der Waals surface area contributed by atoms with Crippen LogP contribution in [0, 0.1) is 0 Å². The van der Waals surface area contributed by atoms with E-state index in [1.807, 2.05) is 12.3 Å². The Morgan fingerprint density at radius 3 is 2.80 bits per heavy atom. The third-order valence-electron chi connectivity index (χ3n) is 2.24. The van der Waals surface area contributed by atoms with Crippen molar-refractivity contribution in [3.05, 3.63) is 12.3 Å². The van der Waals surface area contributed by atoms with E-state index in [0.29, 0.717) is 12.3 Å². The van der Waals surface area contributed by atoms with Crippen molar-refractivity contribution < 1.29 is 4.79 Å². The summed E-state index contributed by atoms with van der Waals surface area (Å²) in [5.41, 5.74) is 0. The van der Waals surface area contributed by atoms with Gasteiger partial charge in [0.2, 0.25) is 0 Å². The molecule has 0 bridgehead atoms. The minimum absolute atomic E-state index is 0.492. The van der Waals surface area contributed by atoms with E-state index in [9.17, 15) is 4.79 Å². The molecule has 1 saturated heterocycles. The number of amidine groups is 1. The summed E-state index contributed by atoms with van der Waals surface area (Å²) in [7, 11) is 0. The second-order valence-corrected chi connectivity index (χ2v) is 3.39. The molecule has 6 nitrogen and oxygen atoms in total. The molecule has 2 heterocycles. The van der Waals surface area contributed by atoms with Gasteiger partial charge < -0.3 is 10.2 Å². The first-order valence-corrected chi connectivity index (χ1v) is 4.99. The standard InChI is InChI=1S/C9H13N5O/c15-9-11-8(12-13-9)2-1-5-14-6-3-10-4-7-14/h1,5,10H,2-4,6-7H2. The lowest BCUT2D eigenvalue weighted by molar-refractivity contribution is 0.257. The van der Waals surface area contributed by atoms with E-state index in [-0.39, 0.29) is 0 Å². The van der Waals surface area contributed by atoms with Crippen molar-refractivity contribution in [3.8, 4) is 0 Å². The van der Waals surface area contributed by atoms with Crippen molar-refractivity contribution in [2.75, 3.05) is 26.2 Å². The number of azo groups is 1. The number of carbonyl (C=O) groups excluding carboxylic acids is 1. The van der Waals surface area contributed by atoms with Crippen LogP contribution in [-0.4, -0.2) is 42.9 Å². The molecule has 0 atom stereocenters. The van der Waals surface area contributed by atoms with Crippen molar-refractivity contribution in [1.82, 2.24) is 10.2 Å². The molecule has 0 unspecified atom stereocenters. The van der Waals surface area contributed by atoms with E-state index in [1.165, 1.54) is 0 Å². The minimum atomic E-state index is -0.499. The predicted octanol–water partition coefficient (Wildman–Crippen LogP) is 0.780. The van der Waals surface area contributed by atoms with Crippen molar-refractivity contribution in [2.24, 2.45) is 15.2 Å². The first kappa shape index (κ1) is 9.97. The van der Waals surface area contributed by atoms with Crippen LogP contribution in [0.5, 0.6) is 0 Å². The van der Waals surface area contributed by atoms with Crippen molar-refractivity contribution in [3.63, 3.8) is 0 Å². The zero-order valence-electron chi connectivity index (χ0n) is 8.39.